The lowest BCUT2D eigenvalue weighted by Crippen LogP contribution is -2.55. The number of esters is 1. The zero-order chi connectivity index (χ0) is 19.7. The molecule has 1 saturated heterocycles. The summed E-state index contributed by atoms with van der Waals surface area (Å²) < 4.78 is 5.08. The number of carbonyl (C=O) groups excluding carboxylic acids is 2. The fourth-order valence-electron chi connectivity index (χ4n) is 2.87. The first-order chi connectivity index (χ1) is 12.3. The van der Waals surface area contributed by atoms with Gasteiger partial charge in [0.05, 0.1) is 12.6 Å². The lowest BCUT2D eigenvalue weighted by Gasteiger charge is -2.38. The molecular weight excluding hydrogens is 344 g/mol. The molecule has 1 heterocycles. The van der Waals surface area contributed by atoms with Crippen LogP contribution < -0.4 is 16.8 Å². The van der Waals surface area contributed by atoms with Crippen molar-refractivity contribution in [2.75, 3.05) is 19.7 Å². The van der Waals surface area contributed by atoms with Crippen molar-refractivity contribution in [2.45, 2.75) is 51.6 Å². The van der Waals surface area contributed by atoms with Crippen LogP contribution in [0.25, 0.3) is 0 Å². The first-order valence-corrected chi connectivity index (χ1v) is 8.71. The van der Waals surface area contributed by atoms with Crippen molar-refractivity contribution in [3.63, 3.8) is 0 Å². The molecule has 1 amide bonds. The lowest BCUT2D eigenvalue weighted by molar-refractivity contribution is -0.485. The number of carbonyl (C=O) groups is 2. The fourth-order valence-corrected chi connectivity index (χ4v) is 2.87. The molecule has 0 radical (unpaired) electrons. The molecule has 0 spiro atoms. The second-order valence-corrected chi connectivity index (χ2v) is 6.33. The summed E-state index contributed by atoms with van der Waals surface area (Å²) in [5.74, 6) is -0.660. The summed E-state index contributed by atoms with van der Waals surface area (Å²) >= 11 is 0. The molecule has 11 nitrogen and oxygen atoms in total. The van der Waals surface area contributed by atoms with Gasteiger partial charge in [0.15, 0.2) is 5.03 Å². The predicted molar refractivity (Wildman–Crippen MR) is 94.4 cm³/mol. The Bertz CT molecular complexity index is 541. The molecule has 3 atom stereocenters. The number of ether oxygens (including phenoxy) is 1. The Kier molecular flexibility index (Phi) is 8.76. The van der Waals surface area contributed by atoms with Crippen LogP contribution in [0.4, 0.5) is 0 Å². The Morgan fingerprint density at radius 3 is 2.81 bits per heavy atom. The van der Waals surface area contributed by atoms with Gasteiger partial charge in [0.25, 0.3) is 5.96 Å². The van der Waals surface area contributed by atoms with E-state index in [0.717, 1.165) is 6.42 Å². The van der Waals surface area contributed by atoms with Gasteiger partial charge in [-0.05, 0) is 38.5 Å². The van der Waals surface area contributed by atoms with E-state index in [4.69, 9.17) is 16.2 Å². The van der Waals surface area contributed by atoms with Crippen LogP contribution in [0, 0.1) is 16.0 Å². The quantitative estimate of drug-likeness (QED) is 0.127. The van der Waals surface area contributed by atoms with Crippen molar-refractivity contribution in [3.8, 4) is 0 Å². The highest BCUT2D eigenvalue weighted by molar-refractivity contribution is 5.87. The number of nitrogens with one attached hydrogen (secondary N) is 1. The van der Waals surface area contributed by atoms with Crippen molar-refractivity contribution in [1.29, 1.82) is 0 Å². The zero-order valence-electron chi connectivity index (χ0n) is 15.2. The number of hydrogen-bond acceptors (Lipinski definition) is 6. The standard InChI is InChI=1S/C15H28N6O5/c1-3-26-14(23)12-9-10(2)6-8-20(12)13(22)11(16)5-4-7-18-15(17)19-21(24)25/h10-12H,3-9,16H2,1-2H3,(H3,17,18,19)/t10-,11-,12-/m1/s1. The molecule has 0 unspecified atom stereocenters. The monoisotopic (exact) mass is 372 g/mol. The van der Waals surface area contributed by atoms with Gasteiger partial charge < -0.3 is 26.4 Å². The number of nitro groups is 1. The topological polar surface area (TPSA) is 166 Å². The molecule has 0 bridgehead atoms. The summed E-state index contributed by atoms with van der Waals surface area (Å²) in [7, 11) is 0. The third-order valence-electron chi connectivity index (χ3n) is 4.21. The van der Waals surface area contributed by atoms with Gasteiger partial charge >= 0.3 is 5.97 Å². The lowest BCUT2D eigenvalue weighted by atomic mass is 9.91. The smallest absolute Gasteiger partial charge is 0.328 e. The van der Waals surface area contributed by atoms with E-state index in [1.54, 1.807) is 6.92 Å². The molecule has 5 N–H and O–H groups in total. The number of rotatable bonds is 8. The first kappa shape index (κ1) is 21.6. The number of piperidine rings is 1. The van der Waals surface area contributed by atoms with Crippen LogP contribution in [0.3, 0.4) is 0 Å². The van der Waals surface area contributed by atoms with Crippen LogP contribution in [0.5, 0.6) is 0 Å². The Labute approximate surface area is 152 Å². The van der Waals surface area contributed by atoms with Crippen molar-refractivity contribution in [1.82, 2.24) is 10.2 Å². The third kappa shape index (κ3) is 6.82. The Balaban J connectivity index is 2.54. The molecule has 1 aliphatic heterocycles. The molecule has 0 aromatic rings. The van der Waals surface area contributed by atoms with Crippen molar-refractivity contribution in [3.05, 3.63) is 10.1 Å². The molecule has 0 aromatic heterocycles. The number of likely N-dealkylation sites (tertiary alicyclic amines) is 1. The zero-order valence-corrected chi connectivity index (χ0v) is 15.2. The van der Waals surface area contributed by atoms with E-state index >= 15 is 0 Å². The van der Waals surface area contributed by atoms with Gasteiger partial charge in [-0.3, -0.25) is 4.79 Å². The van der Waals surface area contributed by atoms with E-state index in [1.165, 1.54) is 4.90 Å². The van der Waals surface area contributed by atoms with Crippen LogP contribution in [-0.2, 0) is 14.3 Å². The van der Waals surface area contributed by atoms with E-state index in [1.807, 2.05) is 6.92 Å². The largest absolute Gasteiger partial charge is 0.464 e. The third-order valence-corrected chi connectivity index (χ3v) is 4.21. The summed E-state index contributed by atoms with van der Waals surface area (Å²) in [5, 5.41) is 14.7. The van der Waals surface area contributed by atoms with E-state index in [-0.39, 0.29) is 18.5 Å². The van der Waals surface area contributed by atoms with E-state index in [0.29, 0.717) is 38.3 Å². The van der Waals surface area contributed by atoms with Crippen LogP contribution in [0.15, 0.2) is 5.10 Å². The van der Waals surface area contributed by atoms with Crippen molar-refractivity contribution >= 4 is 17.8 Å². The van der Waals surface area contributed by atoms with Gasteiger partial charge in [-0.15, -0.1) is 0 Å². The second kappa shape index (κ2) is 10.5. The summed E-state index contributed by atoms with van der Waals surface area (Å²) in [5.41, 5.74) is 11.3. The van der Waals surface area contributed by atoms with Crippen molar-refractivity contribution in [2.24, 2.45) is 22.5 Å². The number of amides is 1. The second-order valence-electron chi connectivity index (χ2n) is 6.33. The van der Waals surface area contributed by atoms with Gasteiger partial charge in [-0.25, -0.2) is 14.9 Å². The van der Waals surface area contributed by atoms with Gasteiger partial charge in [0, 0.05) is 13.1 Å². The fraction of sp³-hybridized carbons (Fsp3) is 0.800. The molecular formula is C15H28N6O5. The van der Waals surface area contributed by atoms with Gasteiger partial charge in [0.2, 0.25) is 5.91 Å². The number of nitrogens with two attached hydrogens (primary N) is 2. The summed E-state index contributed by atoms with van der Waals surface area (Å²) in [6, 6.07) is -1.37. The van der Waals surface area contributed by atoms with E-state index in [2.05, 4.69) is 10.4 Å². The number of hydrazone groups is 1. The minimum Gasteiger partial charge on any atom is -0.464 e. The molecule has 1 aliphatic rings. The minimum absolute atomic E-state index is 0.261. The number of guanidine groups is 1. The Morgan fingerprint density at radius 1 is 1.50 bits per heavy atom. The van der Waals surface area contributed by atoms with Crippen molar-refractivity contribution < 1.29 is 19.4 Å². The average Bonchev–Trinajstić information content (AvgIpc) is 2.57. The normalized spacial score (nSPS) is 21.8. The van der Waals surface area contributed by atoms with Gasteiger partial charge in [-0.2, -0.15) is 0 Å². The Hall–Kier alpha value is -2.43. The highest BCUT2D eigenvalue weighted by atomic mass is 16.7. The minimum atomic E-state index is -0.898. The SMILES string of the molecule is CCOC(=O)[C@H]1C[C@H](C)CCN1C(=O)[C@H](N)CCCN/C(N)=N\[N+](=O)[O-]. The molecule has 0 aromatic carbocycles. The molecule has 148 valence electrons. The van der Waals surface area contributed by atoms with Gasteiger partial charge in [-0.1, -0.05) is 6.92 Å². The summed E-state index contributed by atoms with van der Waals surface area (Å²) in [4.78, 5) is 36.5. The first-order valence-electron chi connectivity index (χ1n) is 8.71. The molecule has 11 heteroatoms. The molecule has 1 fully saturated rings. The average molecular weight is 372 g/mol. The molecule has 1 rings (SSSR count). The molecule has 0 aliphatic carbocycles. The van der Waals surface area contributed by atoms with Gasteiger partial charge in [0.1, 0.15) is 11.1 Å². The molecule has 26 heavy (non-hydrogen) atoms. The highest BCUT2D eigenvalue weighted by Crippen LogP contribution is 2.24. The van der Waals surface area contributed by atoms with Crippen LogP contribution in [0.2, 0.25) is 0 Å². The maximum absolute atomic E-state index is 12.6. The van der Waals surface area contributed by atoms with E-state index in [9.17, 15) is 19.7 Å². The Morgan fingerprint density at radius 2 is 2.19 bits per heavy atom. The maximum Gasteiger partial charge on any atom is 0.328 e. The highest BCUT2D eigenvalue weighted by Gasteiger charge is 2.37. The van der Waals surface area contributed by atoms with Crippen LogP contribution in [-0.4, -0.2) is 59.5 Å². The van der Waals surface area contributed by atoms with Crippen LogP contribution >= 0.6 is 0 Å². The summed E-state index contributed by atoms with van der Waals surface area (Å²) in [6.45, 7) is 4.79. The molecule has 0 saturated carbocycles. The predicted octanol–water partition coefficient (Wildman–Crippen LogP) is -0.620. The van der Waals surface area contributed by atoms with Crippen LogP contribution in [0.1, 0.15) is 39.5 Å². The maximum atomic E-state index is 12.6. The number of nitrogens with zero attached hydrogens (tertiary/aromatic N) is 3. The van der Waals surface area contributed by atoms with E-state index < -0.39 is 23.1 Å². The summed E-state index contributed by atoms with van der Waals surface area (Å²) in [6.07, 6.45) is 2.19. The number of hydrogen-bond donors (Lipinski definition) is 3.